The summed E-state index contributed by atoms with van der Waals surface area (Å²) in [7, 11) is 0. The third-order valence-electron chi connectivity index (χ3n) is 3.51. The number of hydrogen-bond donors (Lipinski definition) is 1. The van der Waals surface area contributed by atoms with Crippen LogP contribution >= 0.6 is 0 Å². The van der Waals surface area contributed by atoms with E-state index in [1.54, 1.807) is 4.90 Å². The summed E-state index contributed by atoms with van der Waals surface area (Å²) < 4.78 is 38.4. The van der Waals surface area contributed by atoms with Crippen molar-refractivity contribution >= 4 is 5.69 Å². The fourth-order valence-corrected chi connectivity index (χ4v) is 2.49. The molecule has 21 heavy (non-hydrogen) atoms. The second-order valence-corrected chi connectivity index (χ2v) is 4.97. The summed E-state index contributed by atoms with van der Waals surface area (Å²) >= 11 is 0. The number of non-ortho nitro benzene ring substituents is 1. The number of piperazine rings is 1. The van der Waals surface area contributed by atoms with Crippen LogP contribution in [-0.2, 0) is 0 Å². The van der Waals surface area contributed by atoms with Gasteiger partial charge < -0.3 is 5.32 Å². The highest BCUT2D eigenvalue weighted by atomic mass is 19.4. The van der Waals surface area contributed by atoms with Gasteiger partial charge in [-0.2, -0.15) is 13.2 Å². The summed E-state index contributed by atoms with van der Waals surface area (Å²) in [5.41, 5.74) is 0.338. The molecular formula is C13H16F3N3O2. The first-order valence-electron chi connectivity index (χ1n) is 6.63. The summed E-state index contributed by atoms with van der Waals surface area (Å²) in [6.07, 6.45) is -5.23. The monoisotopic (exact) mass is 303 g/mol. The van der Waals surface area contributed by atoms with Crippen molar-refractivity contribution < 1.29 is 18.1 Å². The van der Waals surface area contributed by atoms with E-state index >= 15 is 0 Å². The summed E-state index contributed by atoms with van der Waals surface area (Å²) in [4.78, 5) is 11.8. The van der Waals surface area contributed by atoms with Crippen LogP contribution in [0.3, 0.4) is 0 Å². The molecule has 0 unspecified atom stereocenters. The Bertz CT molecular complexity index is 484. The van der Waals surface area contributed by atoms with Crippen LogP contribution in [0.15, 0.2) is 24.3 Å². The largest absolute Gasteiger partial charge is 0.390 e. The van der Waals surface area contributed by atoms with Crippen molar-refractivity contribution in [1.29, 1.82) is 0 Å². The van der Waals surface area contributed by atoms with E-state index in [0.29, 0.717) is 31.7 Å². The van der Waals surface area contributed by atoms with Gasteiger partial charge in [0.1, 0.15) is 0 Å². The molecule has 0 amide bonds. The number of alkyl halides is 3. The third kappa shape index (κ3) is 4.40. The summed E-state index contributed by atoms with van der Waals surface area (Å²) in [6.45, 7) is 2.33. The van der Waals surface area contributed by atoms with E-state index in [2.05, 4.69) is 5.32 Å². The van der Waals surface area contributed by atoms with Crippen LogP contribution in [0.5, 0.6) is 0 Å². The second-order valence-electron chi connectivity index (χ2n) is 4.97. The number of hydrogen-bond acceptors (Lipinski definition) is 4. The van der Waals surface area contributed by atoms with Gasteiger partial charge in [0.15, 0.2) is 0 Å². The van der Waals surface area contributed by atoms with Crippen molar-refractivity contribution in [3.63, 3.8) is 0 Å². The first-order valence-corrected chi connectivity index (χ1v) is 6.63. The Balaban J connectivity index is 2.22. The molecule has 1 aliphatic rings. The standard InChI is InChI=1S/C13H16F3N3O2/c14-13(15,16)9-12(18-7-5-17-6-8-18)10-1-3-11(4-2-10)19(20)21/h1-4,12,17H,5-9H2/t12-/m0/s1. The highest BCUT2D eigenvalue weighted by Gasteiger charge is 2.36. The fourth-order valence-electron chi connectivity index (χ4n) is 2.49. The van der Waals surface area contributed by atoms with Crippen LogP contribution in [0, 0.1) is 10.1 Å². The van der Waals surface area contributed by atoms with Crippen LogP contribution in [0.1, 0.15) is 18.0 Å². The Morgan fingerprint density at radius 3 is 2.29 bits per heavy atom. The topological polar surface area (TPSA) is 58.4 Å². The molecule has 0 spiro atoms. The predicted molar refractivity (Wildman–Crippen MR) is 71.0 cm³/mol. The average Bonchev–Trinajstić information content (AvgIpc) is 2.45. The van der Waals surface area contributed by atoms with Crippen molar-refractivity contribution in [2.75, 3.05) is 26.2 Å². The minimum Gasteiger partial charge on any atom is -0.314 e. The van der Waals surface area contributed by atoms with Gasteiger partial charge in [-0.15, -0.1) is 0 Å². The quantitative estimate of drug-likeness (QED) is 0.686. The predicted octanol–water partition coefficient (Wildman–Crippen LogP) is 2.49. The second kappa shape index (κ2) is 6.40. The van der Waals surface area contributed by atoms with Gasteiger partial charge in [0, 0.05) is 44.4 Å². The molecule has 0 radical (unpaired) electrons. The normalized spacial score (nSPS) is 18.4. The summed E-state index contributed by atoms with van der Waals surface area (Å²) in [5, 5.41) is 13.7. The Labute approximate surface area is 119 Å². The zero-order valence-electron chi connectivity index (χ0n) is 11.3. The van der Waals surface area contributed by atoms with Crippen molar-refractivity contribution in [2.24, 2.45) is 0 Å². The zero-order chi connectivity index (χ0) is 15.5. The van der Waals surface area contributed by atoms with Crippen LogP contribution < -0.4 is 5.32 Å². The Kier molecular flexibility index (Phi) is 4.79. The molecule has 0 aliphatic carbocycles. The van der Waals surface area contributed by atoms with E-state index in [1.165, 1.54) is 24.3 Å². The number of halogens is 3. The maximum absolute atomic E-state index is 12.8. The summed E-state index contributed by atoms with van der Waals surface area (Å²) in [6, 6.07) is 4.53. The molecular weight excluding hydrogens is 287 g/mol. The van der Waals surface area contributed by atoms with Gasteiger partial charge in [0.05, 0.1) is 11.3 Å². The van der Waals surface area contributed by atoms with Crippen molar-refractivity contribution in [3.8, 4) is 0 Å². The zero-order valence-corrected chi connectivity index (χ0v) is 11.3. The van der Waals surface area contributed by atoms with E-state index in [1.807, 2.05) is 0 Å². The lowest BCUT2D eigenvalue weighted by Crippen LogP contribution is -2.46. The lowest BCUT2D eigenvalue weighted by molar-refractivity contribution is -0.384. The molecule has 1 heterocycles. The van der Waals surface area contributed by atoms with Gasteiger partial charge in [-0.3, -0.25) is 15.0 Å². The number of nitrogens with zero attached hydrogens (tertiary/aromatic N) is 2. The minimum atomic E-state index is -4.28. The van der Waals surface area contributed by atoms with E-state index in [4.69, 9.17) is 0 Å². The lowest BCUT2D eigenvalue weighted by Gasteiger charge is -2.35. The van der Waals surface area contributed by atoms with E-state index in [0.717, 1.165) is 0 Å². The molecule has 0 bridgehead atoms. The molecule has 116 valence electrons. The highest BCUT2D eigenvalue weighted by molar-refractivity contribution is 5.34. The highest BCUT2D eigenvalue weighted by Crippen LogP contribution is 2.34. The molecule has 1 atom stereocenters. The number of nitro benzene ring substituents is 1. The average molecular weight is 303 g/mol. The molecule has 1 aromatic carbocycles. The first kappa shape index (κ1) is 15.7. The van der Waals surface area contributed by atoms with Gasteiger partial charge in [-0.1, -0.05) is 12.1 Å². The molecule has 1 fully saturated rings. The minimum absolute atomic E-state index is 0.121. The third-order valence-corrected chi connectivity index (χ3v) is 3.51. The molecule has 0 aromatic heterocycles. The van der Waals surface area contributed by atoms with Crippen LogP contribution in [0.25, 0.3) is 0 Å². The first-order chi connectivity index (χ1) is 9.87. The van der Waals surface area contributed by atoms with Gasteiger partial charge in [0.2, 0.25) is 0 Å². The molecule has 1 N–H and O–H groups in total. The smallest absolute Gasteiger partial charge is 0.314 e. The van der Waals surface area contributed by atoms with Gasteiger partial charge in [-0.25, -0.2) is 0 Å². The van der Waals surface area contributed by atoms with E-state index in [-0.39, 0.29) is 5.69 Å². The molecule has 2 rings (SSSR count). The Morgan fingerprint density at radius 1 is 1.24 bits per heavy atom. The van der Waals surface area contributed by atoms with Gasteiger partial charge in [-0.05, 0) is 5.56 Å². The number of nitrogens with one attached hydrogen (secondary N) is 1. The Hall–Kier alpha value is -1.67. The molecule has 1 aromatic rings. The molecule has 1 aliphatic heterocycles. The number of benzene rings is 1. The number of rotatable bonds is 4. The van der Waals surface area contributed by atoms with Crippen molar-refractivity contribution in [1.82, 2.24) is 10.2 Å². The van der Waals surface area contributed by atoms with Crippen LogP contribution in [0.4, 0.5) is 18.9 Å². The van der Waals surface area contributed by atoms with E-state index < -0.39 is 23.6 Å². The molecule has 1 saturated heterocycles. The van der Waals surface area contributed by atoms with Crippen molar-refractivity contribution in [2.45, 2.75) is 18.6 Å². The maximum atomic E-state index is 12.8. The fraction of sp³-hybridized carbons (Fsp3) is 0.538. The molecule has 0 saturated carbocycles. The van der Waals surface area contributed by atoms with Crippen LogP contribution in [-0.4, -0.2) is 42.2 Å². The van der Waals surface area contributed by atoms with Crippen LogP contribution in [0.2, 0.25) is 0 Å². The van der Waals surface area contributed by atoms with E-state index in [9.17, 15) is 23.3 Å². The van der Waals surface area contributed by atoms with Crippen molar-refractivity contribution in [3.05, 3.63) is 39.9 Å². The summed E-state index contributed by atoms with van der Waals surface area (Å²) in [5.74, 6) is 0. The number of nitro groups is 1. The molecule has 8 heteroatoms. The maximum Gasteiger partial charge on any atom is 0.390 e. The van der Waals surface area contributed by atoms with Gasteiger partial charge >= 0.3 is 6.18 Å². The lowest BCUT2D eigenvalue weighted by atomic mass is 10.0. The van der Waals surface area contributed by atoms with Gasteiger partial charge in [0.25, 0.3) is 5.69 Å². The SMILES string of the molecule is O=[N+]([O-])c1ccc([C@H](CC(F)(F)F)N2CCNCC2)cc1. The Morgan fingerprint density at radius 2 is 1.81 bits per heavy atom. The molecule has 5 nitrogen and oxygen atoms in total.